The van der Waals surface area contributed by atoms with E-state index in [0.717, 1.165) is 17.5 Å². The van der Waals surface area contributed by atoms with Crippen LogP contribution in [0.4, 0.5) is 4.39 Å². The van der Waals surface area contributed by atoms with Crippen LogP contribution in [0, 0.1) is 5.82 Å². The molecule has 2 bridgehead atoms. The summed E-state index contributed by atoms with van der Waals surface area (Å²) in [5, 5.41) is 9.87. The van der Waals surface area contributed by atoms with Gasteiger partial charge in [-0.1, -0.05) is 29.8 Å². The number of nitrogens with zero attached hydrogens (tertiary/aromatic N) is 2. The Morgan fingerprint density at radius 3 is 2.74 bits per heavy atom. The van der Waals surface area contributed by atoms with Gasteiger partial charge in [-0.15, -0.1) is 0 Å². The third kappa shape index (κ3) is 5.05. The predicted octanol–water partition coefficient (Wildman–Crippen LogP) is 2.96. The normalized spacial score (nSPS) is 23.7. The third-order valence-electron chi connectivity index (χ3n) is 6.74. The number of piperazine rings is 1. The van der Waals surface area contributed by atoms with Crippen molar-refractivity contribution in [3.63, 3.8) is 0 Å². The van der Waals surface area contributed by atoms with E-state index in [1.807, 2.05) is 29.7 Å². The minimum Gasteiger partial charge on any atom is -0.383 e. The second-order valence-corrected chi connectivity index (χ2v) is 10.6. The first kappa shape index (κ1) is 25.2. The van der Waals surface area contributed by atoms with Crippen LogP contribution < -0.4 is 5.48 Å². The molecule has 2 N–H and O–H groups in total. The molecule has 3 atom stereocenters. The summed E-state index contributed by atoms with van der Waals surface area (Å²) in [5.41, 5.74) is 2.66. The van der Waals surface area contributed by atoms with E-state index in [9.17, 15) is 18.6 Å². The minimum absolute atomic E-state index is 0.0657. The summed E-state index contributed by atoms with van der Waals surface area (Å²) < 4.78 is 33.9. The van der Waals surface area contributed by atoms with Crippen molar-refractivity contribution in [2.24, 2.45) is 0 Å². The minimum atomic E-state index is -1.56. The van der Waals surface area contributed by atoms with Gasteiger partial charge in [0, 0.05) is 37.8 Å². The molecule has 0 aliphatic carbocycles. The molecule has 0 aromatic heterocycles. The van der Waals surface area contributed by atoms with Crippen molar-refractivity contribution >= 4 is 28.5 Å². The summed E-state index contributed by atoms with van der Waals surface area (Å²) in [6.45, 7) is 2.27. The second kappa shape index (κ2) is 10.8. The van der Waals surface area contributed by atoms with E-state index < -0.39 is 22.4 Å². The van der Waals surface area contributed by atoms with Crippen LogP contribution >= 0.6 is 11.6 Å². The van der Waals surface area contributed by atoms with Crippen molar-refractivity contribution in [1.82, 2.24) is 14.7 Å². The maximum atomic E-state index is 13.7. The molecular weight excluding hydrogens is 481 g/mol. The zero-order valence-electron chi connectivity index (χ0n) is 19.0. The number of methoxy groups -OCH3 is 1. The molecule has 2 aliphatic heterocycles. The molecule has 4 rings (SSSR count). The molecular formula is C24H29ClFN3O4S. The molecule has 2 aliphatic rings. The topological polar surface area (TPSA) is 82.1 Å². The van der Waals surface area contributed by atoms with Gasteiger partial charge >= 0.3 is 0 Å². The first-order valence-corrected chi connectivity index (χ1v) is 12.8. The first-order valence-electron chi connectivity index (χ1n) is 11.3. The number of carbonyl (C=O) groups excluding carboxylic acids is 1. The number of halogens is 2. The number of hydrogen-bond acceptors (Lipinski definition) is 5. The molecule has 2 saturated heterocycles. The van der Waals surface area contributed by atoms with Gasteiger partial charge in [0.25, 0.3) is 5.91 Å². The Kier molecular flexibility index (Phi) is 8.01. The van der Waals surface area contributed by atoms with E-state index in [2.05, 4.69) is 4.90 Å². The van der Waals surface area contributed by atoms with E-state index in [1.165, 1.54) is 12.1 Å². The Morgan fingerprint density at radius 2 is 2.06 bits per heavy atom. The molecule has 2 fully saturated rings. The Bertz CT molecular complexity index is 1060. The standard InChI is InChI=1S/C24H29ClFN3O4S/c1-33-13-12-28-15-20-10-11-24(16-28,23(30)27-31)29(20)34(32)21-8-3-17(4-9-21)2-5-18-6-7-19(26)14-22(18)25/h3-4,6-9,14,20,31H,2,5,10-13,15-16H2,1H3,(H,27,30). The number of nitrogens with one attached hydrogen (secondary N) is 1. The Labute approximate surface area is 206 Å². The Balaban J connectivity index is 1.48. The van der Waals surface area contributed by atoms with Gasteiger partial charge in [-0.05, 0) is 61.1 Å². The fourth-order valence-corrected chi connectivity index (χ4v) is 6.84. The van der Waals surface area contributed by atoms with Gasteiger partial charge in [0.2, 0.25) is 0 Å². The van der Waals surface area contributed by atoms with Crippen molar-refractivity contribution in [3.8, 4) is 0 Å². The fraction of sp³-hybridized carbons (Fsp3) is 0.458. The molecule has 0 radical (unpaired) electrons. The molecule has 2 aromatic carbocycles. The van der Waals surface area contributed by atoms with Crippen molar-refractivity contribution in [2.45, 2.75) is 42.2 Å². The maximum Gasteiger partial charge on any atom is 0.266 e. The van der Waals surface area contributed by atoms with Crippen LogP contribution in [0.5, 0.6) is 0 Å². The third-order valence-corrected chi connectivity index (χ3v) is 8.77. The van der Waals surface area contributed by atoms with Crippen LogP contribution in [0.25, 0.3) is 0 Å². The molecule has 10 heteroatoms. The van der Waals surface area contributed by atoms with Crippen LogP contribution in [0.3, 0.4) is 0 Å². The smallest absolute Gasteiger partial charge is 0.266 e. The number of rotatable bonds is 9. The molecule has 0 spiro atoms. The average Bonchev–Trinajstić information content (AvgIpc) is 3.08. The zero-order chi connectivity index (χ0) is 24.3. The predicted molar refractivity (Wildman–Crippen MR) is 128 cm³/mol. The molecule has 34 heavy (non-hydrogen) atoms. The summed E-state index contributed by atoms with van der Waals surface area (Å²) in [5.74, 6) is -0.889. The van der Waals surface area contributed by atoms with E-state index in [0.29, 0.717) is 55.4 Å². The lowest BCUT2D eigenvalue weighted by Crippen LogP contribution is -2.67. The van der Waals surface area contributed by atoms with Crippen LogP contribution in [-0.4, -0.2) is 69.5 Å². The van der Waals surface area contributed by atoms with E-state index in [4.69, 9.17) is 16.3 Å². The summed E-state index contributed by atoms with van der Waals surface area (Å²) >= 11 is 6.12. The number of likely N-dealkylation sites (tertiary alicyclic amines) is 1. The highest BCUT2D eigenvalue weighted by Crippen LogP contribution is 2.42. The van der Waals surface area contributed by atoms with Gasteiger partial charge in [0.05, 0.1) is 11.5 Å². The molecule has 0 saturated carbocycles. The SMILES string of the molecule is COCCN1CC2CCC(C(=O)NO)(C1)N2S(=O)c1ccc(CCc2ccc(F)cc2Cl)cc1. The summed E-state index contributed by atoms with van der Waals surface area (Å²) in [7, 11) is 0.0695. The first-order chi connectivity index (χ1) is 16.4. The highest BCUT2D eigenvalue weighted by atomic mass is 35.5. The number of hydrogen-bond donors (Lipinski definition) is 2. The van der Waals surface area contributed by atoms with E-state index in [1.54, 1.807) is 17.5 Å². The number of benzene rings is 2. The lowest BCUT2D eigenvalue weighted by atomic mass is 9.96. The van der Waals surface area contributed by atoms with E-state index >= 15 is 0 Å². The summed E-state index contributed by atoms with van der Waals surface area (Å²) in [4.78, 5) is 15.5. The fourth-order valence-electron chi connectivity index (χ4n) is 4.99. The quantitative estimate of drug-likeness (QED) is 0.401. The molecule has 184 valence electrons. The number of hydroxylamine groups is 1. The highest BCUT2D eigenvalue weighted by molar-refractivity contribution is 7.82. The van der Waals surface area contributed by atoms with Crippen molar-refractivity contribution < 1.29 is 23.3 Å². The Morgan fingerprint density at radius 1 is 1.29 bits per heavy atom. The van der Waals surface area contributed by atoms with Crippen LogP contribution in [0.15, 0.2) is 47.4 Å². The monoisotopic (exact) mass is 509 g/mol. The Hall–Kier alpha value is -1.88. The van der Waals surface area contributed by atoms with Crippen LogP contribution in [-0.2, 0) is 33.4 Å². The average molecular weight is 510 g/mol. The van der Waals surface area contributed by atoms with Gasteiger partial charge in [0.1, 0.15) is 22.3 Å². The van der Waals surface area contributed by atoms with Gasteiger partial charge in [-0.2, -0.15) is 4.31 Å². The van der Waals surface area contributed by atoms with Gasteiger partial charge in [0.15, 0.2) is 0 Å². The van der Waals surface area contributed by atoms with Gasteiger partial charge in [-0.3, -0.25) is 14.9 Å². The number of aryl methyl sites for hydroxylation is 2. The molecule has 3 unspecified atom stereocenters. The lowest BCUT2D eigenvalue weighted by Gasteiger charge is -2.46. The molecule has 2 aromatic rings. The van der Waals surface area contributed by atoms with Crippen molar-refractivity contribution in [2.75, 3.05) is 33.4 Å². The largest absolute Gasteiger partial charge is 0.383 e. The van der Waals surface area contributed by atoms with Gasteiger partial charge in [-0.25, -0.2) is 14.1 Å². The van der Waals surface area contributed by atoms with Crippen LogP contribution in [0.1, 0.15) is 24.0 Å². The summed E-state index contributed by atoms with van der Waals surface area (Å²) in [6, 6.07) is 11.8. The van der Waals surface area contributed by atoms with Crippen molar-refractivity contribution in [3.05, 3.63) is 64.4 Å². The van der Waals surface area contributed by atoms with Gasteiger partial charge < -0.3 is 4.74 Å². The summed E-state index contributed by atoms with van der Waals surface area (Å²) in [6.07, 6.45) is 2.61. The molecule has 7 nitrogen and oxygen atoms in total. The highest BCUT2D eigenvalue weighted by Gasteiger charge is 2.58. The number of ether oxygens (including phenoxy) is 1. The lowest BCUT2D eigenvalue weighted by molar-refractivity contribution is -0.141. The number of fused-ring (bicyclic) bond motifs is 2. The number of amides is 1. The maximum absolute atomic E-state index is 13.7. The molecule has 2 heterocycles. The second-order valence-electron chi connectivity index (χ2n) is 8.85. The zero-order valence-corrected chi connectivity index (χ0v) is 20.6. The van der Waals surface area contributed by atoms with Crippen LogP contribution in [0.2, 0.25) is 5.02 Å². The number of carbonyl (C=O) groups is 1. The van der Waals surface area contributed by atoms with E-state index in [-0.39, 0.29) is 11.9 Å². The van der Waals surface area contributed by atoms with Crippen molar-refractivity contribution in [1.29, 1.82) is 0 Å². The molecule has 1 amide bonds.